The number of fused-ring (bicyclic) bond motifs is 1. The third-order valence-corrected chi connectivity index (χ3v) is 5.35. The lowest BCUT2D eigenvalue weighted by Gasteiger charge is -2.27. The summed E-state index contributed by atoms with van der Waals surface area (Å²) in [5.74, 6) is 0.965. The predicted molar refractivity (Wildman–Crippen MR) is 98.0 cm³/mol. The highest BCUT2D eigenvalue weighted by atomic mass is 32.1. The minimum Gasteiger partial charge on any atom is -0.454 e. The molecule has 0 bridgehead atoms. The second kappa shape index (κ2) is 7.14. The van der Waals surface area contributed by atoms with Gasteiger partial charge in [-0.15, -0.1) is 11.3 Å². The first-order valence-corrected chi connectivity index (χ1v) is 9.19. The van der Waals surface area contributed by atoms with Gasteiger partial charge >= 0.3 is 0 Å². The smallest absolute Gasteiger partial charge is 0.271 e. The van der Waals surface area contributed by atoms with Crippen LogP contribution in [-0.4, -0.2) is 32.0 Å². The molecule has 2 aliphatic rings. The van der Waals surface area contributed by atoms with E-state index in [2.05, 4.69) is 21.5 Å². The first kappa shape index (κ1) is 16.0. The van der Waals surface area contributed by atoms with Crippen LogP contribution in [0.15, 0.2) is 35.4 Å². The molecular formula is C18H19N3O3S. The van der Waals surface area contributed by atoms with E-state index in [1.807, 2.05) is 6.07 Å². The maximum atomic E-state index is 12.2. The fourth-order valence-corrected chi connectivity index (χ4v) is 3.88. The van der Waals surface area contributed by atoms with Crippen molar-refractivity contribution in [3.63, 3.8) is 0 Å². The number of carbonyl (C=O) groups excluding carboxylic acids is 1. The van der Waals surface area contributed by atoms with Gasteiger partial charge in [0.15, 0.2) is 11.5 Å². The first-order chi connectivity index (χ1) is 12.3. The van der Waals surface area contributed by atoms with Gasteiger partial charge in [0.1, 0.15) is 0 Å². The van der Waals surface area contributed by atoms with Crippen LogP contribution >= 0.6 is 11.3 Å². The van der Waals surface area contributed by atoms with Crippen LogP contribution in [0.1, 0.15) is 34.5 Å². The van der Waals surface area contributed by atoms with Crippen LogP contribution in [0.25, 0.3) is 0 Å². The molecule has 2 aliphatic heterocycles. The Morgan fingerprint density at radius 1 is 1.12 bits per heavy atom. The minimum atomic E-state index is -0.276. The lowest BCUT2D eigenvalue weighted by atomic mass is 10.1. The topological polar surface area (TPSA) is 63.2 Å². The molecule has 1 aromatic carbocycles. The SMILES string of the molecule is O=C(N/N=C/c1ccc(N2CCCCC2)s1)c1ccc2c(c1)OCO2. The van der Waals surface area contributed by atoms with Gasteiger partial charge in [0.05, 0.1) is 11.2 Å². The average Bonchev–Trinajstić information content (AvgIpc) is 3.31. The second-order valence-electron chi connectivity index (χ2n) is 5.99. The highest BCUT2D eigenvalue weighted by Gasteiger charge is 2.16. The maximum Gasteiger partial charge on any atom is 0.271 e. The summed E-state index contributed by atoms with van der Waals surface area (Å²) in [4.78, 5) is 15.6. The van der Waals surface area contributed by atoms with E-state index < -0.39 is 0 Å². The Bertz CT molecular complexity index is 797. The maximum absolute atomic E-state index is 12.2. The molecule has 1 amide bonds. The molecule has 7 heteroatoms. The predicted octanol–water partition coefficient (Wildman–Crippen LogP) is 3.23. The molecule has 6 nitrogen and oxygen atoms in total. The van der Waals surface area contributed by atoms with Crippen molar-refractivity contribution in [3.05, 3.63) is 40.8 Å². The van der Waals surface area contributed by atoms with Crippen molar-refractivity contribution < 1.29 is 14.3 Å². The van der Waals surface area contributed by atoms with Gasteiger partial charge in [0.25, 0.3) is 5.91 Å². The van der Waals surface area contributed by atoms with E-state index in [0.29, 0.717) is 17.1 Å². The van der Waals surface area contributed by atoms with Crippen LogP contribution in [0.2, 0.25) is 0 Å². The number of nitrogens with zero attached hydrogens (tertiary/aromatic N) is 2. The Kier molecular flexibility index (Phi) is 4.56. The summed E-state index contributed by atoms with van der Waals surface area (Å²) in [6, 6.07) is 9.23. The number of hydrazone groups is 1. The Morgan fingerprint density at radius 2 is 1.96 bits per heavy atom. The monoisotopic (exact) mass is 357 g/mol. The number of hydrogen-bond donors (Lipinski definition) is 1. The molecule has 0 atom stereocenters. The molecule has 130 valence electrons. The van der Waals surface area contributed by atoms with Gasteiger partial charge in [-0.3, -0.25) is 4.79 Å². The number of benzene rings is 1. The third kappa shape index (κ3) is 3.61. The Labute approximate surface area is 150 Å². The molecule has 1 N–H and O–H groups in total. The lowest BCUT2D eigenvalue weighted by Crippen LogP contribution is -2.28. The number of anilines is 1. The van der Waals surface area contributed by atoms with Crippen LogP contribution < -0.4 is 19.8 Å². The van der Waals surface area contributed by atoms with Gasteiger partial charge in [-0.05, 0) is 49.6 Å². The first-order valence-electron chi connectivity index (χ1n) is 8.37. The zero-order valence-electron chi connectivity index (χ0n) is 13.7. The lowest BCUT2D eigenvalue weighted by molar-refractivity contribution is 0.0954. The fourth-order valence-electron chi connectivity index (χ4n) is 2.95. The molecule has 3 heterocycles. The molecule has 2 aromatic rings. The summed E-state index contributed by atoms with van der Waals surface area (Å²) < 4.78 is 10.5. The van der Waals surface area contributed by atoms with E-state index in [-0.39, 0.29) is 12.7 Å². The van der Waals surface area contributed by atoms with Crippen LogP contribution in [-0.2, 0) is 0 Å². The molecule has 0 spiro atoms. The van der Waals surface area contributed by atoms with E-state index >= 15 is 0 Å². The molecule has 1 aromatic heterocycles. The molecule has 25 heavy (non-hydrogen) atoms. The standard InChI is InChI=1S/C18H19N3O3S/c22-18(13-4-6-15-16(10-13)24-12-23-15)20-19-11-14-5-7-17(25-14)21-8-2-1-3-9-21/h4-7,10-11H,1-3,8-9,12H2,(H,20,22)/b19-11+. The highest BCUT2D eigenvalue weighted by molar-refractivity contribution is 7.17. The zero-order valence-corrected chi connectivity index (χ0v) is 14.6. The number of hydrogen-bond acceptors (Lipinski definition) is 6. The van der Waals surface area contributed by atoms with E-state index in [0.717, 1.165) is 18.0 Å². The van der Waals surface area contributed by atoms with Crippen LogP contribution in [0.5, 0.6) is 11.5 Å². The number of rotatable bonds is 4. The number of piperidine rings is 1. The summed E-state index contributed by atoms with van der Waals surface area (Å²) in [7, 11) is 0. The molecule has 4 rings (SSSR count). The van der Waals surface area contributed by atoms with E-state index in [1.165, 1.54) is 24.3 Å². The van der Waals surface area contributed by atoms with Crippen LogP contribution in [0.3, 0.4) is 0 Å². The van der Waals surface area contributed by atoms with Crippen molar-refractivity contribution in [2.75, 3.05) is 24.8 Å². The quantitative estimate of drug-likeness (QED) is 0.674. The van der Waals surface area contributed by atoms with Crippen molar-refractivity contribution in [2.24, 2.45) is 5.10 Å². The van der Waals surface area contributed by atoms with Crippen molar-refractivity contribution >= 4 is 28.5 Å². The molecule has 0 radical (unpaired) electrons. The largest absolute Gasteiger partial charge is 0.454 e. The molecule has 1 saturated heterocycles. The Morgan fingerprint density at radius 3 is 2.84 bits per heavy atom. The number of nitrogens with one attached hydrogen (secondary N) is 1. The van der Waals surface area contributed by atoms with E-state index in [9.17, 15) is 4.79 Å². The normalized spacial score (nSPS) is 16.4. The molecule has 0 aliphatic carbocycles. The van der Waals surface area contributed by atoms with E-state index in [1.54, 1.807) is 35.8 Å². The molecule has 0 saturated carbocycles. The number of amides is 1. The summed E-state index contributed by atoms with van der Waals surface area (Å²) in [6.45, 7) is 2.44. The Hall–Kier alpha value is -2.54. The van der Waals surface area contributed by atoms with Gasteiger partial charge in [-0.2, -0.15) is 5.10 Å². The number of carbonyl (C=O) groups is 1. The minimum absolute atomic E-state index is 0.191. The van der Waals surface area contributed by atoms with E-state index in [4.69, 9.17) is 9.47 Å². The van der Waals surface area contributed by atoms with Gasteiger partial charge in [-0.25, -0.2) is 5.43 Å². The van der Waals surface area contributed by atoms with Crippen molar-refractivity contribution in [2.45, 2.75) is 19.3 Å². The summed E-state index contributed by atoms with van der Waals surface area (Å²) in [5, 5.41) is 5.33. The van der Waals surface area contributed by atoms with Gasteiger partial charge in [0, 0.05) is 23.5 Å². The zero-order chi connectivity index (χ0) is 17.1. The van der Waals surface area contributed by atoms with Crippen molar-refractivity contribution in [1.29, 1.82) is 0 Å². The third-order valence-electron chi connectivity index (χ3n) is 4.27. The fraction of sp³-hybridized carbons (Fsp3) is 0.333. The summed E-state index contributed by atoms with van der Waals surface area (Å²) in [5.41, 5.74) is 3.04. The van der Waals surface area contributed by atoms with Crippen molar-refractivity contribution in [3.8, 4) is 11.5 Å². The van der Waals surface area contributed by atoms with Gasteiger partial charge < -0.3 is 14.4 Å². The molecular weight excluding hydrogens is 338 g/mol. The Balaban J connectivity index is 1.36. The molecule has 0 unspecified atom stereocenters. The van der Waals surface area contributed by atoms with Gasteiger partial charge in [-0.1, -0.05) is 0 Å². The number of thiophene rings is 1. The highest BCUT2D eigenvalue weighted by Crippen LogP contribution is 2.32. The summed E-state index contributed by atoms with van der Waals surface area (Å²) in [6.07, 6.45) is 5.52. The molecule has 1 fully saturated rings. The second-order valence-corrected chi connectivity index (χ2v) is 7.08. The average molecular weight is 357 g/mol. The van der Waals surface area contributed by atoms with Crippen LogP contribution in [0, 0.1) is 0 Å². The van der Waals surface area contributed by atoms with Crippen LogP contribution in [0.4, 0.5) is 5.00 Å². The summed E-state index contributed by atoms with van der Waals surface area (Å²) >= 11 is 1.69. The number of ether oxygens (including phenoxy) is 2. The van der Waals surface area contributed by atoms with Crippen molar-refractivity contribution in [1.82, 2.24) is 5.43 Å². The van der Waals surface area contributed by atoms with Gasteiger partial charge in [0.2, 0.25) is 6.79 Å².